The number of sulfonamides is 1. The lowest BCUT2D eigenvalue weighted by atomic mass is 10.0. The number of halogens is 1. The van der Waals surface area contributed by atoms with Crippen molar-refractivity contribution < 1.29 is 8.42 Å². The largest absolute Gasteiger partial charge is 0.389 e. The predicted octanol–water partition coefficient (Wildman–Crippen LogP) is 2.59. The van der Waals surface area contributed by atoms with Gasteiger partial charge in [-0.1, -0.05) is 42.7 Å². The second-order valence-electron chi connectivity index (χ2n) is 5.38. The second kappa shape index (κ2) is 5.60. The van der Waals surface area contributed by atoms with Crippen molar-refractivity contribution in [2.45, 2.75) is 43.0 Å². The number of nitrogens with one attached hydrogen (secondary N) is 1. The summed E-state index contributed by atoms with van der Waals surface area (Å²) >= 11 is 10.9. The van der Waals surface area contributed by atoms with Gasteiger partial charge in [0.25, 0.3) is 0 Å². The van der Waals surface area contributed by atoms with E-state index in [0.717, 1.165) is 25.7 Å². The van der Waals surface area contributed by atoms with E-state index in [1.54, 1.807) is 6.07 Å². The highest BCUT2D eigenvalue weighted by atomic mass is 35.5. The van der Waals surface area contributed by atoms with Crippen LogP contribution in [0.25, 0.3) is 0 Å². The summed E-state index contributed by atoms with van der Waals surface area (Å²) in [5.41, 5.74) is 5.67. The molecule has 0 saturated heterocycles. The average Bonchev–Trinajstić information content (AvgIpc) is 2.74. The van der Waals surface area contributed by atoms with E-state index in [1.165, 1.54) is 12.1 Å². The van der Waals surface area contributed by atoms with Gasteiger partial charge < -0.3 is 5.73 Å². The van der Waals surface area contributed by atoms with Crippen LogP contribution in [0, 0.1) is 0 Å². The third kappa shape index (κ3) is 3.31. The molecule has 0 amide bonds. The molecule has 1 aliphatic rings. The summed E-state index contributed by atoms with van der Waals surface area (Å²) in [6, 6.07) is 4.49. The molecule has 0 aromatic heterocycles. The third-order valence-electron chi connectivity index (χ3n) is 3.59. The van der Waals surface area contributed by atoms with E-state index >= 15 is 0 Å². The SMILES string of the molecule is CC1(NS(=O)(=O)c2ccc(C(N)=S)cc2Cl)CCCC1. The van der Waals surface area contributed by atoms with Crippen molar-refractivity contribution in [3.63, 3.8) is 0 Å². The molecule has 2 rings (SSSR count). The van der Waals surface area contributed by atoms with Gasteiger partial charge in [0, 0.05) is 11.1 Å². The normalized spacial score (nSPS) is 18.1. The van der Waals surface area contributed by atoms with Crippen molar-refractivity contribution in [3.8, 4) is 0 Å². The maximum Gasteiger partial charge on any atom is 0.242 e. The molecule has 0 atom stereocenters. The van der Waals surface area contributed by atoms with E-state index in [2.05, 4.69) is 4.72 Å². The third-order valence-corrected chi connectivity index (χ3v) is 5.95. The Morgan fingerprint density at radius 3 is 2.50 bits per heavy atom. The van der Waals surface area contributed by atoms with Crippen molar-refractivity contribution >= 4 is 38.8 Å². The molecule has 0 bridgehead atoms. The van der Waals surface area contributed by atoms with Gasteiger partial charge in [-0.15, -0.1) is 0 Å². The molecule has 1 aromatic carbocycles. The molecule has 7 heteroatoms. The zero-order valence-electron chi connectivity index (χ0n) is 11.1. The monoisotopic (exact) mass is 332 g/mol. The molecule has 0 heterocycles. The van der Waals surface area contributed by atoms with Gasteiger partial charge in [-0.05, 0) is 31.9 Å². The Balaban J connectivity index is 2.32. The van der Waals surface area contributed by atoms with E-state index in [4.69, 9.17) is 29.6 Å². The Morgan fingerprint density at radius 1 is 1.40 bits per heavy atom. The van der Waals surface area contributed by atoms with Gasteiger partial charge in [0.2, 0.25) is 10.0 Å². The van der Waals surface area contributed by atoms with Crippen LogP contribution in [-0.4, -0.2) is 18.9 Å². The molecule has 0 spiro atoms. The highest BCUT2D eigenvalue weighted by molar-refractivity contribution is 7.89. The zero-order chi connectivity index (χ0) is 15.0. The van der Waals surface area contributed by atoms with Crippen molar-refractivity contribution in [2.75, 3.05) is 0 Å². The van der Waals surface area contributed by atoms with Gasteiger partial charge in [-0.2, -0.15) is 0 Å². The van der Waals surface area contributed by atoms with Crippen LogP contribution in [0.5, 0.6) is 0 Å². The lowest BCUT2D eigenvalue weighted by Crippen LogP contribution is -2.43. The fourth-order valence-corrected chi connectivity index (χ4v) is 4.65. The number of hydrogen-bond donors (Lipinski definition) is 2. The van der Waals surface area contributed by atoms with Crippen molar-refractivity contribution in [1.82, 2.24) is 4.72 Å². The maximum absolute atomic E-state index is 12.4. The van der Waals surface area contributed by atoms with Crippen LogP contribution >= 0.6 is 23.8 Å². The summed E-state index contributed by atoms with van der Waals surface area (Å²) in [5.74, 6) is 0. The molecule has 0 unspecified atom stereocenters. The lowest BCUT2D eigenvalue weighted by molar-refractivity contribution is 0.427. The standard InChI is InChI=1S/C13H17ClN2O2S2/c1-13(6-2-3-7-13)16-20(17,18)11-5-4-9(12(15)19)8-10(11)14/h4-5,8,16H,2-3,6-7H2,1H3,(H2,15,19). The molecule has 1 fully saturated rings. The summed E-state index contributed by atoms with van der Waals surface area (Å²) in [4.78, 5) is 0.249. The number of benzene rings is 1. The molecule has 20 heavy (non-hydrogen) atoms. The topological polar surface area (TPSA) is 72.2 Å². The summed E-state index contributed by atoms with van der Waals surface area (Å²) in [7, 11) is -3.64. The first-order valence-electron chi connectivity index (χ1n) is 6.37. The van der Waals surface area contributed by atoms with Gasteiger partial charge in [-0.3, -0.25) is 0 Å². The van der Waals surface area contributed by atoms with Crippen molar-refractivity contribution in [1.29, 1.82) is 0 Å². The summed E-state index contributed by atoms with van der Waals surface area (Å²) in [5, 5.41) is 0.129. The predicted molar refractivity (Wildman–Crippen MR) is 84.5 cm³/mol. The molecule has 110 valence electrons. The first-order chi connectivity index (χ1) is 9.23. The second-order valence-corrected chi connectivity index (χ2v) is 7.88. The average molecular weight is 333 g/mol. The highest BCUT2D eigenvalue weighted by Gasteiger charge is 2.34. The zero-order valence-corrected chi connectivity index (χ0v) is 13.5. The van der Waals surface area contributed by atoms with Gasteiger partial charge in [0.05, 0.1) is 5.02 Å². The van der Waals surface area contributed by atoms with Crippen LogP contribution in [0.2, 0.25) is 5.02 Å². The van der Waals surface area contributed by atoms with Gasteiger partial charge in [0.15, 0.2) is 0 Å². The van der Waals surface area contributed by atoms with Gasteiger partial charge >= 0.3 is 0 Å². The Kier molecular flexibility index (Phi) is 4.39. The van der Waals surface area contributed by atoms with E-state index in [-0.39, 0.29) is 20.4 Å². The number of rotatable bonds is 4. The molecule has 4 nitrogen and oxygen atoms in total. The molecule has 3 N–H and O–H groups in total. The first-order valence-corrected chi connectivity index (χ1v) is 8.64. The molecule has 1 aliphatic carbocycles. The van der Waals surface area contributed by atoms with Crippen LogP contribution in [0.15, 0.2) is 23.1 Å². The minimum atomic E-state index is -3.64. The summed E-state index contributed by atoms with van der Waals surface area (Å²) in [6.45, 7) is 1.93. The van der Waals surface area contributed by atoms with E-state index in [9.17, 15) is 8.42 Å². The molecule has 0 radical (unpaired) electrons. The number of hydrogen-bond acceptors (Lipinski definition) is 3. The summed E-state index contributed by atoms with van der Waals surface area (Å²) < 4.78 is 27.6. The Bertz CT molecular complexity index is 638. The first kappa shape index (κ1) is 15.7. The minimum absolute atomic E-state index is 0.0623. The number of nitrogens with two attached hydrogens (primary N) is 1. The maximum atomic E-state index is 12.4. The Hall–Kier alpha value is -0.690. The quantitative estimate of drug-likeness (QED) is 0.831. The van der Waals surface area contributed by atoms with Crippen LogP contribution < -0.4 is 10.5 Å². The minimum Gasteiger partial charge on any atom is -0.389 e. The van der Waals surface area contributed by atoms with Crippen LogP contribution in [0.1, 0.15) is 38.2 Å². The highest BCUT2D eigenvalue weighted by Crippen LogP contribution is 2.32. The van der Waals surface area contributed by atoms with Crippen molar-refractivity contribution in [2.24, 2.45) is 5.73 Å². The van der Waals surface area contributed by atoms with Crippen LogP contribution in [0.3, 0.4) is 0 Å². The van der Waals surface area contributed by atoms with Crippen LogP contribution in [0.4, 0.5) is 0 Å². The Morgan fingerprint density at radius 2 is 2.00 bits per heavy atom. The molecular weight excluding hydrogens is 316 g/mol. The fourth-order valence-electron chi connectivity index (χ4n) is 2.51. The molecular formula is C13H17ClN2O2S2. The smallest absolute Gasteiger partial charge is 0.242 e. The van der Waals surface area contributed by atoms with Gasteiger partial charge in [-0.25, -0.2) is 13.1 Å². The van der Waals surface area contributed by atoms with Crippen LogP contribution in [-0.2, 0) is 10.0 Å². The molecule has 1 saturated carbocycles. The van der Waals surface area contributed by atoms with E-state index in [0.29, 0.717) is 5.56 Å². The Labute approximate surface area is 129 Å². The molecule has 0 aliphatic heterocycles. The van der Waals surface area contributed by atoms with E-state index < -0.39 is 10.0 Å². The molecule has 1 aromatic rings. The van der Waals surface area contributed by atoms with Crippen molar-refractivity contribution in [3.05, 3.63) is 28.8 Å². The summed E-state index contributed by atoms with van der Waals surface area (Å²) in [6.07, 6.45) is 3.75. The van der Waals surface area contributed by atoms with Gasteiger partial charge in [0.1, 0.15) is 9.88 Å². The lowest BCUT2D eigenvalue weighted by Gasteiger charge is -2.25. The number of thiocarbonyl (C=S) groups is 1. The van der Waals surface area contributed by atoms with E-state index in [1.807, 2.05) is 6.92 Å². The fraction of sp³-hybridized carbons (Fsp3) is 0.462.